The summed E-state index contributed by atoms with van der Waals surface area (Å²) in [6, 6.07) is 15.4. The summed E-state index contributed by atoms with van der Waals surface area (Å²) in [4.78, 5) is 14.2. The highest BCUT2D eigenvalue weighted by molar-refractivity contribution is 5.91. The van der Waals surface area contributed by atoms with Crippen molar-refractivity contribution in [2.45, 2.75) is 12.8 Å². The summed E-state index contributed by atoms with van der Waals surface area (Å²) in [5.41, 5.74) is 1.81. The zero-order valence-electron chi connectivity index (χ0n) is 13.8. The Labute approximate surface area is 142 Å². The highest BCUT2D eigenvalue weighted by Crippen LogP contribution is 2.33. The van der Waals surface area contributed by atoms with E-state index < -0.39 is 0 Å². The van der Waals surface area contributed by atoms with Crippen molar-refractivity contribution >= 4 is 17.3 Å². The number of hydrogen-bond donors (Lipinski definition) is 1. The van der Waals surface area contributed by atoms with Crippen LogP contribution in [0.2, 0.25) is 0 Å². The van der Waals surface area contributed by atoms with Gasteiger partial charge in [0.25, 0.3) is 0 Å². The van der Waals surface area contributed by atoms with Gasteiger partial charge in [0.1, 0.15) is 18.1 Å². The van der Waals surface area contributed by atoms with E-state index in [0.29, 0.717) is 26.1 Å². The van der Waals surface area contributed by atoms with Crippen molar-refractivity contribution in [3.05, 3.63) is 48.5 Å². The summed E-state index contributed by atoms with van der Waals surface area (Å²) in [6.07, 6.45) is 1.09. The van der Waals surface area contributed by atoms with E-state index in [-0.39, 0.29) is 5.91 Å². The average molecular weight is 326 g/mol. The van der Waals surface area contributed by atoms with Crippen LogP contribution in [-0.2, 0) is 4.79 Å². The van der Waals surface area contributed by atoms with Crippen molar-refractivity contribution in [1.82, 2.24) is 0 Å². The Bertz CT molecular complexity index is 688. The second kappa shape index (κ2) is 7.73. The summed E-state index contributed by atoms with van der Waals surface area (Å²) in [5.74, 6) is 1.62. The number of amides is 1. The number of ether oxygens (including phenoxy) is 2. The average Bonchev–Trinajstić information content (AvgIpc) is 2.60. The van der Waals surface area contributed by atoms with Crippen LogP contribution in [0.15, 0.2) is 48.5 Å². The number of nitrogens with zero attached hydrogens (tertiary/aromatic N) is 1. The summed E-state index contributed by atoms with van der Waals surface area (Å²) >= 11 is 0. The third-order valence-electron chi connectivity index (χ3n) is 3.90. The molecule has 2 aromatic rings. The molecular weight excluding hydrogens is 304 g/mol. The van der Waals surface area contributed by atoms with Crippen molar-refractivity contribution in [2.24, 2.45) is 0 Å². The van der Waals surface area contributed by atoms with E-state index in [0.717, 1.165) is 29.4 Å². The molecule has 0 fully saturated rings. The van der Waals surface area contributed by atoms with Gasteiger partial charge in [-0.25, -0.2) is 0 Å². The third-order valence-corrected chi connectivity index (χ3v) is 3.90. The maximum absolute atomic E-state index is 12.0. The van der Waals surface area contributed by atoms with Crippen LogP contribution in [-0.4, -0.2) is 32.7 Å². The first-order valence-corrected chi connectivity index (χ1v) is 8.18. The highest BCUT2D eigenvalue weighted by atomic mass is 16.5. The molecule has 0 bridgehead atoms. The van der Waals surface area contributed by atoms with Gasteiger partial charge in [0.15, 0.2) is 0 Å². The fraction of sp³-hybridized carbons (Fsp3) is 0.316. The summed E-state index contributed by atoms with van der Waals surface area (Å²) in [7, 11) is 2.03. The van der Waals surface area contributed by atoms with Gasteiger partial charge in [0.05, 0.1) is 18.8 Å². The summed E-state index contributed by atoms with van der Waals surface area (Å²) in [5, 5.41) is 2.91. The Morgan fingerprint density at radius 1 is 1.25 bits per heavy atom. The number of fused-ring (bicyclic) bond motifs is 1. The minimum absolute atomic E-state index is 0.0178. The normalized spacial score (nSPS) is 13.0. The molecule has 0 atom stereocenters. The van der Waals surface area contributed by atoms with Crippen molar-refractivity contribution in [3.8, 4) is 11.5 Å². The number of nitrogens with one attached hydrogen (secondary N) is 1. The first kappa shape index (κ1) is 16.2. The van der Waals surface area contributed by atoms with E-state index in [1.807, 2.05) is 55.6 Å². The van der Waals surface area contributed by atoms with Gasteiger partial charge in [0.2, 0.25) is 5.91 Å². The maximum Gasteiger partial charge on any atom is 0.224 e. The first-order chi connectivity index (χ1) is 11.7. The second-order valence-electron chi connectivity index (χ2n) is 5.77. The predicted molar refractivity (Wildman–Crippen MR) is 95.0 cm³/mol. The van der Waals surface area contributed by atoms with Crippen molar-refractivity contribution < 1.29 is 14.3 Å². The molecule has 0 spiro atoms. The SMILES string of the molecule is CN1CCOc2cc(NC(=O)CCCOc3ccccc3)ccc21. The van der Waals surface area contributed by atoms with Crippen LogP contribution in [0, 0.1) is 0 Å². The fourth-order valence-corrected chi connectivity index (χ4v) is 2.60. The van der Waals surface area contributed by atoms with Crippen molar-refractivity contribution in [2.75, 3.05) is 37.0 Å². The number of carbonyl (C=O) groups is 1. The van der Waals surface area contributed by atoms with Crippen molar-refractivity contribution in [1.29, 1.82) is 0 Å². The molecule has 3 rings (SSSR count). The van der Waals surface area contributed by atoms with Gasteiger partial charge < -0.3 is 19.7 Å². The Hall–Kier alpha value is -2.69. The van der Waals surface area contributed by atoms with E-state index in [1.165, 1.54) is 0 Å². The predicted octanol–water partition coefficient (Wildman–Crippen LogP) is 3.31. The van der Waals surface area contributed by atoms with Crippen LogP contribution >= 0.6 is 0 Å². The van der Waals surface area contributed by atoms with E-state index in [2.05, 4.69) is 10.2 Å². The van der Waals surface area contributed by atoms with Gasteiger partial charge in [-0.3, -0.25) is 4.79 Å². The van der Waals surface area contributed by atoms with E-state index in [4.69, 9.17) is 9.47 Å². The second-order valence-corrected chi connectivity index (χ2v) is 5.77. The molecule has 5 heteroatoms. The number of anilines is 2. The van der Waals surface area contributed by atoms with Gasteiger partial charge >= 0.3 is 0 Å². The van der Waals surface area contributed by atoms with Crippen LogP contribution in [0.4, 0.5) is 11.4 Å². The van der Waals surface area contributed by atoms with Gasteiger partial charge in [-0.2, -0.15) is 0 Å². The van der Waals surface area contributed by atoms with Gasteiger partial charge in [-0.1, -0.05) is 18.2 Å². The zero-order valence-corrected chi connectivity index (χ0v) is 13.8. The zero-order chi connectivity index (χ0) is 16.8. The molecule has 126 valence electrons. The molecule has 2 aromatic carbocycles. The Balaban J connectivity index is 1.45. The minimum Gasteiger partial charge on any atom is -0.494 e. The van der Waals surface area contributed by atoms with Gasteiger partial charge in [0, 0.05) is 25.2 Å². The van der Waals surface area contributed by atoms with Gasteiger partial charge in [-0.15, -0.1) is 0 Å². The summed E-state index contributed by atoms with van der Waals surface area (Å²) in [6.45, 7) is 2.06. The summed E-state index contributed by atoms with van der Waals surface area (Å²) < 4.78 is 11.2. The molecule has 0 radical (unpaired) electrons. The largest absolute Gasteiger partial charge is 0.494 e. The van der Waals surface area contributed by atoms with Gasteiger partial charge in [-0.05, 0) is 30.7 Å². The minimum atomic E-state index is -0.0178. The molecule has 0 unspecified atom stereocenters. The monoisotopic (exact) mass is 326 g/mol. The molecule has 0 aliphatic carbocycles. The number of hydrogen-bond acceptors (Lipinski definition) is 4. The van der Waals surface area contributed by atoms with E-state index >= 15 is 0 Å². The maximum atomic E-state index is 12.0. The number of benzene rings is 2. The van der Waals surface area contributed by atoms with Crippen LogP contribution in [0.3, 0.4) is 0 Å². The molecule has 5 nitrogen and oxygen atoms in total. The van der Waals surface area contributed by atoms with Crippen LogP contribution in [0.5, 0.6) is 11.5 Å². The number of carbonyl (C=O) groups excluding carboxylic acids is 1. The van der Waals surface area contributed by atoms with Crippen LogP contribution in [0.25, 0.3) is 0 Å². The molecule has 1 amide bonds. The third kappa shape index (κ3) is 4.19. The Morgan fingerprint density at radius 2 is 2.08 bits per heavy atom. The lowest BCUT2D eigenvalue weighted by Gasteiger charge is -2.27. The number of para-hydroxylation sites is 1. The lowest BCUT2D eigenvalue weighted by molar-refractivity contribution is -0.116. The quantitative estimate of drug-likeness (QED) is 0.828. The molecule has 1 aliphatic rings. The highest BCUT2D eigenvalue weighted by Gasteiger charge is 2.15. The van der Waals surface area contributed by atoms with Crippen LogP contribution < -0.4 is 19.7 Å². The fourth-order valence-electron chi connectivity index (χ4n) is 2.60. The van der Waals surface area contributed by atoms with Crippen molar-refractivity contribution in [3.63, 3.8) is 0 Å². The topological polar surface area (TPSA) is 50.8 Å². The smallest absolute Gasteiger partial charge is 0.224 e. The molecule has 1 N–H and O–H groups in total. The Kier molecular flexibility index (Phi) is 5.21. The van der Waals surface area contributed by atoms with E-state index in [1.54, 1.807) is 0 Å². The number of likely N-dealkylation sites (N-methyl/N-ethyl adjacent to an activating group) is 1. The molecular formula is C19H22N2O3. The molecule has 0 aromatic heterocycles. The molecule has 1 aliphatic heterocycles. The lowest BCUT2D eigenvalue weighted by Crippen LogP contribution is -2.28. The first-order valence-electron chi connectivity index (χ1n) is 8.18. The lowest BCUT2D eigenvalue weighted by atomic mass is 10.2. The molecule has 1 heterocycles. The molecule has 24 heavy (non-hydrogen) atoms. The molecule has 0 saturated carbocycles. The molecule has 0 saturated heterocycles. The Morgan fingerprint density at radius 3 is 2.92 bits per heavy atom. The van der Waals surface area contributed by atoms with Crippen LogP contribution in [0.1, 0.15) is 12.8 Å². The standard InChI is InChI=1S/C19H22N2O3/c1-21-11-13-24-18-14-15(9-10-17(18)21)20-19(22)8-5-12-23-16-6-3-2-4-7-16/h2-4,6-7,9-10,14H,5,8,11-13H2,1H3,(H,20,22). The van der Waals surface area contributed by atoms with E-state index in [9.17, 15) is 4.79 Å². The number of rotatable bonds is 6.